The fourth-order valence-corrected chi connectivity index (χ4v) is 6.20. The molecule has 3 aliphatic rings. The average Bonchev–Trinajstić information content (AvgIpc) is 3.17. The van der Waals surface area contributed by atoms with Crippen molar-refractivity contribution in [1.82, 2.24) is 24.9 Å². The molecule has 0 spiro atoms. The molecule has 1 unspecified atom stereocenters. The summed E-state index contributed by atoms with van der Waals surface area (Å²) in [5, 5.41) is 17.5. The third kappa shape index (κ3) is 4.54. The molecule has 2 aromatic rings. The van der Waals surface area contributed by atoms with Gasteiger partial charge in [-0.25, -0.2) is 4.79 Å². The summed E-state index contributed by atoms with van der Waals surface area (Å²) in [7, 11) is 1.92. The first-order valence-electron chi connectivity index (χ1n) is 12.9. The molecule has 2 N–H and O–H groups in total. The van der Waals surface area contributed by atoms with E-state index in [0.29, 0.717) is 31.8 Å². The van der Waals surface area contributed by atoms with Gasteiger partial charge < -0.3 is 14.9 Å². The van der Waals surface area contributed by atoms with Crippen LogP contribution in [-0.4, -0.2) is 88.4 Å². The number of aromatic nitrogens is 2. The number of carbonyl (C=O) groups is 3. The van der Waals surface area contributed by atoms with Gasteiger partial charge in [0.05, 0.1) is 22.8 Å². The van der Waals surface area contributed by atoms with Crippen molar-refractivity contribution < 1.29 is 19.5 Å². The molecule has 10 heteroatoms. The van der Waals surface area contributed by atoms with E-state index in [2.05, 4.69) is 35.0 Å². The van der Waals surface area contributed by atoms with Gasteiger partial charge in [0.15, 0.2) is 0 Å². The Morgan fingerprint density at radius 2 is 1.89 bits per heavy atom. The highest BCUT2D eigenvalue weighted by Crippen LogP contribution is 2.37. The minimum Gasteiger partial charge on any atom is -0.465 e. The van der Waals surface area contributed by atoms with Gasteiger partial charge in [-0.3, -0.25) is 24.5 Å². The molecule has 1 aromatic carbocycles. The summed E-state index contributed by atoms with van der Waals surface area (Å²) in [6, 6.07) is 6.17. The Kier molecular flexibility index (Phi) is 6.40. The number of likely N-dealkylation sites (tertiary alicyclic amines) is 1. The molecule has 3 saturated heterocycles. The van der Waals surface area contributed by atoms with Gasteiger partial charge in [-0.15, -0.1) is 0 Å². The highest BCUT2D eigenvalue weighted by atomic mass is 16.4. The third-order valence-corrected chi connectivity index (χ3v) is 8.35. The molecule has 1 aromatic heterocycles. The predicted octanol–water partition coefficient (Wildman–Crippen LogP) is 2.24. The van der Waals surface area contributed by atoms with Crippen molar-refractivity contribution >= 4 is 34.5 Å². The number of piperazine rings is 1. The fourth-order valence-electron chi connectivity index (χ4n) is 6.20. The molecule has 3 fully saturated rings. The second-order valence-corrected chi connectivity index (χ2v) is 11.2. The SMILES string of the molecule is Cn1nc(C2CCC(=O)NC2=O)c2cccc(N3CCN(C[C@H]4CCN(C(=O)O)CC4(C)C)CC3)c21. The molecular weight excluding hydrogens is 460 g/mol. The minimum atomic E-state index is -0.819. The van der Waals surface area contributed by atoms with Crippen molar-refractivity contribution in [2.45, 2.75) is 39.0 Å². The number of para-hydroxylation sites is 1. The number of amides is 3. The number of anilines is 1. The molecule has 5 rings (SSSR count). The van der Waals surface area contributed by atoms with Crippen LogP contribution >= 0.6 is 0 Å². The Hall–Kier alpha value is -3.14. The quantitative estimate of drug-likeness (QED) is 0.625. The van der Waals surface area contributed by atoms with Gasteiger partial charge in [-0.1, -0.05) is 26.0 Å². The van der Waals surface area contributed by atoms with E-state index in [1.807, 2.05) is 23.9 Å². The van der Waals surface area contributed by atoms with Crippen molar-refractivity contribution in [3.05, 3.63) is 23.9 Å². The van der Waals surface area contributed by atoms with E-state index < -0.39 is 12.0 Å². The number of fused-ring (bicyclic) bond motifs is 1. The Bertz CT molecular complexity index is 1180. The zero-order valence-electron chi connectivity index (χ0n) is 21.4. The van der Waals surface area contributed by atoms with Crippen LogP contribution in [0, 0.1) is 11.3 Å². The van der Waals surface area contributed by atoms with Crippen LogP contribution in [0.25, 0.3) is 10.9 Å². The van der Waals surface area contributed by atoms with Crippen molar-refractivity contribution in [2.75, 3.05) is 50.7 Å². The lowest BCUT2D eigenvalue weighted by Gasteiger charge is -2.46. The van der Waals surface area contributed by atoms with E-state index in [1.165, 1.54) is 0 Å². The number of imide groups is 1. The van der Waals surface area contributed by atoms with E-state index >= 15 is 0 Å². The molecule has 0 aliphatic carbocycles. The van der Waals surface area contributed by atoms with E-state index in [9.17, 15) is 19.5 Å². The predicted molar refractivity (Wildman–Crippen MR) is 136 cm³/mol. The highest BCUT2D eigenvalue weighted by molar-refractivity contribution is 6.03. The van der Waals surface area contributed by atoms with Crippen molar-refractivity contribution in [3.63, 3.8) is 0 Å². The number of nitrogens with one attached hydrogen (secondary N) is 1. The number of hydrogen-bond acceptors (Lipinski definition) is 6. The first-order chi connectivity index (χ1) is 17.1. The maximum Gasteiger partial charge on any atom is 0.407 e. The Balaban J connectivity index is 1.28. The van der Waals surface area contributed by atoms with Crippen LogP contribution in [0.5, 0.6) is 0 Å². The van der Waals surface area contributed by atoms with Crippen LogP contribution in [0.3, 0.4) is 0 Å². The van der Waals surface area contributed by atoms with Crippen molar-refractivity contribution in [2.24, 2.45) is 18.4 Å². The highest BCUT2D eigenvalue weighted by Gasteiger charge is 2.39. The van der Waals surface area contributed by atoms with Crippen LogP contribution in [0.1, 0.15) is 44.7 Å². The van der Waals surface area contributed by atoms with Crippen LogP contribution < -0.4 is 10.2 Å². The Morgan fingerprint density at radius 1 is 1.14 bits per heavy atom. The zero-order valence-corrected chi connectivity index (χ0v) is 21.4. The summed E-state index contributed by atoms with van der Waals surface area (Å²) in [5.74, 6) is -0.418. The summed E-state index contributed by atoms with van der Waals surface area (Å²) in [6.07, 6.45) is 0.904. The number of carboxylic acid groups (broad SMARTS) is 1. The van der Waals surface area contributed by atoms with Crippen LogP contribution in [-0.2, 0) is 16.6 Å². The molecule has 36 heavy (non-hydrogen) atoms. The van der Waals surface area contributed by atoms with Crippen molar-refractivity contribution in [1.29, 1.82) is 0 Å². The molecule has 2 atom stereocenters. The first kappa shape index (κ1) is 24.5. The largest absolute Gasteiger partial charge is 0.465 e. The molecule has 194 valence electrons. The van der Waals surface area contributed by atoms with Crippen LogP contribution in [0.2, 0.25) is 0 Å². The standard InChI is InChI=1S/C26H36N6O4/c1-26(2)16-32(25(35)36)10-9-17(26)15-30-11-13-31(14-12-30)20-6-4-5-18-22(28-29(3)23(18)20)19-7-8-21(33)27-24(19)34/h4-6,17,19H,7-16H2,1-3H3,(H,35,36)(H,27,33,34)/t17-,19?/m1/s1. The topological polar surface area (TPSA) is 111 Å². The molecule has 3 aliphatic heterocycles. The second kappa shape index (κ2) is 9.38. The van der Waals surface area contributed by atoms with Gasteiger partial charge in [0, 0.05) is 64.7 Å². The van der Waals surface area contributed by atoms with Gasteiger partial charge in [-0.05, 0) is 30.2 Å². The fraction of sp³-hybridized carbons (Fsp3) is 0.615. The number of hydrogen-bond donors (Lipinski definition) is 2. The molecule has 3 amide bonds. The van der Waals surface area contributed by atoms with E-state index in [4.69, 9.17) is 5.10 Å². The molecule has 0 saturated carbocycles. The van der Waals surface area contributed by atoms with E-state index in [-0.39, 0.29) is 17.2 Å². The lowest BCUT2D eigenvalue weighted by atomic mass is 9.73. The van der Waals surface area contributed by atoms with Crippen LogP contribution in [0.15, 0.2) is 18.2 Å². The maximum absolute atomic E-state index is 12.5. The van der Waals surface area contributed by atoms with Gasteiger partial charge in [0.25, 0.3) is 0 Å². The maximum atomic E-state index is 12.5. The smallest absolute Gasteiger partial charge is 0.407 e. The summed E-state index contributed by atoms with van der Waals surface area (Å²) >= 11 is 0. The lowest BCUT2D eigenvalue weighted by molar-refractivity contribution is -0.134. The Labute approximate surface area is 211 Å². The van der Waals surface area contributed by atoms with E-state index in [0.717, 1.165) is 61.4 Å². The summed E-state index contributed by atoms with van der Waals surface area (Å²) in [6.45, 7) is 10.3. The zero-order chi connectivity index (χ0) is 25.6. The molecule has 10 nitrogen and oxygen atoms in total. The van der Waals surface area contributed by atoms with Gasteiger partial charge in [0.2, 0.25) is 11.8 Å². The number of carbonyl (C=O) groups excluding carboxylic acids is 2. The molecule has 4 heterocycles. The molecular formula is C26H36N6O4. The van der Waals surface area contributed by atoms with Gasteiger partial charge in [-0.2, -0.15) is 5.10 Å². The third-order valence-electron chi connectivity index (χ3n) is 8.35. The first-order valence-corrected chi connectivity index (χ1v) is 12.9. The second-order valence-electron chi connectivity index (χ2n) is 11.2. The number of rotatable bonds is 4. The van der Waals surface area contributed by atoms with Crippen molar-refractivity contribution in [3.8, 4) is 0 Å². The van der Waals surface area contributed by atoms with Crippen LogP contribution in [0.4, 0.5) is 10.5 Å². The minimum absolute atomic E-state index is 0.0412. The molecule has 0 bridgehead atoms. The monoisotopic (exact) mass is 496 g/mol. The number of nitrogens with zero attached hydrogens (tertiary/aromatic N) is 5. The number of benzene rings is 1. The number of piperidine rings is 2. The summed E-state index contributed by atoms with van der Waals surface area (Å²) in [4.78, 5) is 42.0. The number of aryl methyl sites for hydroxylation is 1. The Morgan fingerprint density at radius 3 is 2.56 bits per heavy atom. The van der Waals surface area contributed by atoms with E-state index in [1.54, 1.807) is 4.90 Å². The van der Waals surface area contributed by atoms with Gasteiger partial charge >= 0.3 is 6.09 Å². The van der Waals surface area contributed by atoms with Gasteiger partial charge in [0.1, 0.15) is 0 Å². The summed E-state index contributed by atoms with van der Waals surface area (Å²) in [5.41, 5.74) is 2.84. The summed E-state index contributed by atoms with van der Waals surface area (Å²) < 4.78 is 1.87. The normalized spacial score (nSPS) is 25.3. The average molecular weight is 497 g/mol. The molecule has 0 radical (unpaired) electrons. The lowest BCUT2D eigenvalue weighted by Crippen LogP contribution is -2.53.